The Balaban J connectivity index is 2.62. The maximum Gasteiger partial charge on any atom is 0.322 e. The highest BCUT2D eigenvalue weighted by atomic mass is 16.5. The van der Waals surface area contributed by atoms with Crippen molar-refractivity contribution in [1.82, 2.24) is 10.3 Å². The second-order valence-electron chi connectivity index (χ2n) is 3.66. The number of esters is 1. The molecule has 0 aliphatic heterocycles. The maximum atomic E-state index is 11.4. The smallest absolute Gasteiger partial charge is 0.322 e. The van der Waals surface area contributed by atoms with Crippen LogP contribution in [-0.4, -0.2) is 24.1 Å². The fourth-order valence-electron chi connectivity index (χ4n) is 1.52. The van der Waals surface area contributed by atoms with Gasteiger partial charge < -0.3 is 4.74 Å². The molecule has 0 aliphatic carbocycles. The molecule has 4 nitrogen and oxygen atoms in total. The van der Waals surface area contributed by atoms with E-state index in [9.17, 15) is 4.79 Å². The summed E-state index contributed by atoms with van der Waals surface area (Å²) in [5, 5.41) is 3.22. The van der Waals surface area contributed by atoms with Crippen LogP contribution in [0.25, 0.3) is 0 Å². The van der Waals surface area contributed by atoms with Gasteiger partial charge in [0.25, 0.3) is 0 Å². The highest BCUT2D eigenvalue weighted by molar-refractivity contribution is 5.75. The number of carbonyl (C=O) groups excluding carboxylic acids is 1. The van der Waals surface area contributed by atoms with E-state index in [0.717, 1.165) is 5.56 Å². The molecule has 0 aliphatic rings. The summed E-state index contributed by atoms with van der Waals surface area (Å²) < 4.78 is 4.72. The Morgan fingerprint density at radius 1 is 1.62 bits per heavy atom. The molecule has 0 saturated heterocycles. The van der Waals surface area contributed by atoms with Crippen molar-refractivity contribution in [2.24, 2.45) is 0 Å². The zero-order valence-corrected chi connectivity index (χ0v) is 9.93. The minimum atomic E-state index is -0.264. The van der Waals surface area contributed by atoms with Crippen LogP contribution in [0.2, 0.25) is 0 Å². The predicted octanol–water partition coefficient (Wildman–Crippen LogP) is 1.68. The number of nitrogens with one attached hydrogen (secondary N) is 1. The number of nitrogens with zero attached hydrogens (tertiary/aromatic N) is 1. The largest absolute Gasteiger partial charge is 0.468 e. The summed E-state index contributed by atoms with van der Waals surface area (Å²) in [6.45, 7) is 3.95. The molecule has 1 rings (SSSR count). The van der Waals surface area contributed by atoms with Crippen LogP contribution < -0.4 is 5.32 Å². The molecule has 0 saturated carbocycles. The van der Waals surface area contributed by atoms with Gasteiger partial charge in [-0.05, 0) is 25.0 Å². The third-order valence-electron chi connectivity index (χ3n) is 2.53. The quantitative estimate of drug-likeness (QED) is 0.770. The second-order valence-corrected chi connectivity index (χ2v) is 3.66. The molecule has 0 bridgehead atoms. The van der Waals surface area contributed by atoms with E-state index in [1.165, 1.54) is 7.11 Å². The highest BCUT2D eigenvalue weighted by Crippen LogP contribution is 2.12. The Hall–Kier alpha value is -1.42. The first-order valence-electron chi connectivity index (χ1n) is 5.42. The van der Waals surface area contributed by atoms with Gasteiger partial charge in [-0.1, -0.05) is 13.0 Å². The lowest BCUT2D eigenvalue weighted by atomic mass is 10.1. The minimum absolute atomic E-state index is 0.0812. The van der Waals surface area contributed by atoms with Crippen LogP contribution in [-0.2, 0) is 9.53 Å². The summed E-state index contributed by atoms with van der Waals surface area (Å²) in [7, 11) is 1.40. The normalized spacial score (nSPS) is 14.2. The fraction of sp³-hybridized carbons (Fsp3) is 0.500. The standard InChI is InChI=1S/C12H18N2O2/c1-4-11(12(15)16-3)14-9(2)10-6-5-7-13-8-10/h5-9,11,14H,4H2,1-3H3. The molecule has 1 heterocycles. The van der Waals surface area contributed by atoms with E-state index in [1.807, 2.05) is 26.0 Å². The summed E-state index contributed by atoms with van der Waals surface area (Å²) in [5.74, 6) is -0.224. The summed E-state index contributed by atoms with van der Waals surface area (Å²) in [5.41, 5.74) is 1.06. The highest BCUT2D eigenvalue weighted by Gasteiger charge is 2.19. The lowest BCUT2D eigenvalue weighted by Gasteiger charge is -2.20. The van der Waals surface area contributed by atoms with Gasteiger partial charge in [0.15, 0.2) is 0 Å². The van der Waals surface area contributed by atoms with Gasteiger partial charge in [0.2, 0.25) is 0 Å². The van der Waals surface area contributed by atoms with Crippen molar-refractivity contribution >= 4 is 5.97 Å². The monoisotopic (exact) mass is 222 g/mol. The van der Waals surface area contributed by atoms with E-state index in [4.69, 9.17) is 4.74 Å². The number of carbonyl (C=O) groups is 1. The molecule has 1 N–H and O–H groups in total. The molecule has 4 heteroatoms. The topological polar surface area (TPSA) is 51.2 Å². The zero-order chi connectivity index (χ0) is 12.0. The van der Waals surface area contributed by atoms with Gasteiger partial charge in [0, 0.05) is 18.4 Å². The van der Waals surface area contributed by atoms with Crippen molar-refractivity contribution in [2.45, 2.75) is 32.4 Å². The summed E-state index contributed by atoms with van der Waals surface area (Å²) in [6, 6.07) is 3.68. The van der Waals surface area contributed by atoms with E-state index in [-0.39, 0.29) is 18.1 Å². The molecular weight excluding hydrogens is 204 g/mol. The first-order valence-corrected chi connectivity index (χ1v) is 5.42. The van der Waals surface area contributed by atoms with Gasteiger partial charge in [0.05, 0.1) is 7.11 Å². The van der Waals surface area contributed by atoms with E-state index >= 15 is 0 Å². The van der Waals surface area contributed by atoms with Crippen molar-refractivity contribution in [3.63, 3.8) is 0 Å². The Morgan fingerprint density at radius 3 is 2.88 bits per heavy atom. The summed E-state index contributed by atoms with van der Waals surface area (Å²) in [6.07, 6.45) is 4.23. The zero-order valence-electron chi connectivity index (χ0n) is 9.93. The van der Waals surface area contributed by atoms with Crippen molar-refractivity contribution in [1.29, 1.82) is 0 Å². The van der Waals surface area contributed by atoms with Crippen molar-refractivity contribution in [3.05, 3.63) is 30.1 Å². The molecule has 0 radical (unpaired) electrons. The van der Waals surface area contributed by atoms with Crippen LogP contribution in [0.3, 0.4) is 0 Å². The molecule has 2 atom stereocenters. The molecule has 0 amide bonds. The number of hydrogen-bond donors (Lipinski definition) is 1. The number of ether oxygens (including phenoxy) is 1. The number of methoxy groups -OCH3 is 1. The molecule has 0 spiro atoms. The van der Waals surface area contributed by atoms with E-state index in [1.54, 1.807) is 12.4 Å². The van der Waals surface area contributed by atoms with E-state index in [0.29, 0.717) is 6.42 Å². The fourth-order valence-corrected chi connectivity index (χ4v) is 1.52. The first-order chi connectivity index (χ1) is 7.69. The number of rotatable bonds is 5. The molecule has 0 fully saturated rings. The maximum absolute atomic E-state index is 11.4. The molecule has 1 aromatic heterocycles. The van der Waals surface area contributed by atoms with Gasteiger partial charge in [-0.3, -0.25) is 15.1 Å². The number of aromatic nitrogens is 1. The van der Waals surface area contributed by atoms with Crippen LogP contribution in [0.4, 0.5) is 0 Å². The Kier molecular flexibility index (Phi) is 4.92. The Bertz CT molecular complexity index is 327. The van der Waals surface area contributed by atoms with Gasteiger partial charge >= 0.3 is 5.97 Å². The minimum Gasteiger partial charge on any atom is -0.468 e. The number of pyridine rings is 1. The van der Waals surface area contributed by atoms with Crippen LogP contribution >= 0.6 is 0 Å². The Labute approximate surface area is 96.0 Å². The average molecular weight is 222 g/mol. The number of hydrogen-bond acceptors (Lipinski definition) is 4. The SMILES string of the molecule is CCC(NC(C)c1cccnc1)C(=O)OC. The van der Waals surface area contributed by atoms with Crippen LogP contribution in [0.5, 0.6) is 0 Å². The first kappa shape index (κ1) is 12.6. The lowest BCUT2D eigenvalue weighted by molar-refractivity contribution is -0.143. The summed E-state index contributed by atoms with van der Waals surface area (Å²) >= 11 is 0. The van der Waals surface area contributed by atoms with E-state index in [2.05, 4.69) is 10.3 Å². The molecule has 2 unspecified atom stereocenters. The van der Waals surface area contributed by atoms with Crippen molar-refractivity contribution in [2.75, 3.05) is 7.11 Å². The summed E-state index contributed by atoms with van der Waals surface area (Å²) in [4.78, 5) is 15.5. The van der Waals surface area contributed by atoms with Crippen LogP contribution in [0.1, 0.15) is 31.9 Å². The lowest BCUT2D eigenvalue weighted by Crippen LogP contribution is -2.38. The molecule has 0 aromatic carbocycles. The van der Waals surface area contributed by atoms with Crippen LogP contribution in [0, 0.1) is 0 Å². The molecular formula is C12H18N2O2. The third-order valence-corrected chi connectivity index (χ3v) is 2.53. The van der Waals surface area contributed by atoms with Gasteiger partial charge in [-0.25, -0.2) is 0 Å². The van der Waals surface area contributed by atoms with Gasteiger partial charge in [-0.15, -0.1) is 0 Å². The molecule has 16 heavy (non-hydrogen) atoms. The third kappa shape index (κ3) is 3.31. The van der Waals surface area contributed by atoms with Crippen molar-refractivity contribution in [3.8, 4) is 0 Å². The molecule has 88 valence electrons. The Morgan fingerprint density at radius 2 is 2.38 bits per heavy atom. The predicted molar refractivity (Wildman–Crippen MR) is 61.9 cm³/mol. The second kappa shape index (κ2) is 6.23. The van der Waals surface area contributed by atoms with Crippen LogP contribution in [0.15, 0.2) is 24.5 Å². The van der Waals surface area contributed by atoms with Crippen molar-refractivity contribution < 1.29 is 9.53 Å². The van der Waals surface area contributed by atoms with Gasteiger partial charge in [-0.2, -0.15) is 0 Å². The average Bonchev–Trinajstić information content (AvgIpc) is 2.35. The van der Waals surface area contributed by atoms with Gasteiger partial charge in [0.1, 0.15) is 6.04 Å². The molecule has 1 aromatic rings. The van der Waals surface area contributed by atoms with E-state index < -0.39 is 0 Å².